The van der Waals surface area contributed by atoms with Crippen molar-refractivity contribution in [2.75, 3.05) is 5.73 Å². The number of hydrogen-bond acceptors (Lipinski definition) is 3. The first-order valence-electron chi connectivity index (χ1n) is 8.05. The number of anilines is 1. The first kappa shape index (κ1) is 13.7. The normalized spacial score (nSPS) is 21.6. The van der Waals surface area contributed by atoms with Crippen LogP contribution in [0.2, 0.25) is 0 Å². The lowest BCUT2D eigenvalue weighted by Gasteiger charge is -2.15. The van der Waals surface area contributed by atoms with Gasteiger partial charge >= 0.3 is 0 Å². The quantitative estimate of drug-likeness (QED) is 0.937. The van der Waals surface area contributed by atoms with Crippen molar-refractivity contribution in [1.29, 1.82) is 0 Å². The molecule has 1 fully saturated rings. The summed E-state index contributed by atoms with van der Waals surface area (Å²) in [7, 11) is 0. The lowest BCUT2D eigenvalue weighted by atomic mass is 9.96. The van der Waals surface area contributed by atoms with E-state index in [1.54, 1.807) is 0 Å². The van der Waals surface area contributed by atoms with Gasteiger partial charge in [0.1, 0.15) is 17.5 Å². The topological polar surface area (TPSA) is 51.8 Å². The van der Waals surface area contributed by atoms with E-state index in [-0.39, 0.29) is 11.7 Å². The molecule has 1 saturated carbocycles. The maximum Gasteiger partial charge on any atom is 0.134 e. The largest absolute Gasteiger partial charge is 0.383 e. The van der Waals surface area contributed by atoms with E-state index in [4.69, 9.17) is 10.7 Å². The molecule has 1 aromatic carbocycles. The monoisotopic (exact) mass is 297 g/mol. The predicted octanol–water partition coefficient (Wildman–Crippen LogP) is 3.79. The highest BCUT2D eigenvalue weighted by atomic mass is 19.1. The van der Waals surface area contributed by atoms with Crippen LogP contribution in [0.1, 0.15) is 60.7 Å². The van der Waals surface area contributed by atoms with Crippen LogP contribution in [0, 0.1) is 11.7 Å². The van der Waals surface area contributed by atoms with Crippen molar-refractivity contribution in [2.45, 2.75) is 44.4 Å². The summed E-state index contributed by atoms with van der Waals surface area (Å²) in [4.78, 5) is 9.43. The second kappa shape index (κ2) is 5.04. The molecule has 1 aromatic heterocycles. The average Bonchev–Trinajstić information content (AvgIpc) is 3.27. The van der Waals surface area contributed by atoms with E-state index in [0.717, 1.165) is 35.5 Å². The summed E-state index contributed by atoms with van der Waals surface area (Å²) in [6.45, 7) is 2.20. The second-order valence-electron chi connectivity index (χ2n) is 6.60. The average molecular weight is 297 g/mol. The van der Waals surface area contributed by atoms with E-state index in [1.165, 1.54) is 25.0 Å². The van der Waals surface area contributed by atoms with E-state index in [1.807, 2.05) is 12.1 Å². The van der Waals surface area contributed by atoms with Crippen LogP contribution in [-0.2, 0) is 6.42 Å². The number of rotatable bonds is 3. The molecule has 2 aromatic rings. The zero-order chi connectivity index (χ0) is 15.3. The highest BCUT2D eigenvalue weighted by molar-refractivity contribution is 5.49. The molecule has 2 aliphatic rings. The van der Waals surface area contributed by atoms with Gasteiger partial charge < -0.3 is 5.73 Å². The van der Waals surface area contributed by atoms with Gasteiger partial charge in [-0.05, 0) is 49.3 Å². The smallest absolute Gasteiger partial charge is 0.134 e. The molecule has 0 amide bonds. The van der Waals surface area contributed by atoms with Crippen LogP contribution in [0.15, 0.2) is 24.3 Å². The lowest BCUT2D eigenvalue weighted by molar-refractivity contribution is 0.613. The fourth-order valence-corrected chi connectivity index (χ4v) is 3.54. The van der Waals surface area contributed by atoms with E-state index < -0.39 is 0 Å². The molecule has 0 bridgehead atoms. The van der Waals surface area contributed by atoms with E-state index >= 15 is 0 Å². The van der Waals surface area contributed by atoms with Gasteiger partial charge in [0.25, 0.3) is 0 Å². The van der Waals surface area contributed by atoms with Crippen LogP contribution < -0.4 is 5.73 Å². The van der Waals surface area contributed by atoms with Gasteiger partial charge in [-0.25, -0.2) is 14.4 Å². The molecular weight excluding hydrogens is 277 g/mol. The van der Waals surface area contributed by atoms with Crippen LogP contribution in [0.3, 0.4) is 0 Å². The third kappa shape index (κ3) is 2.27. The molecule has 114 valence electrons. The Labute approximate surface area is 129 Å². The van der Waals surface area contributed by atoms with E-state index in [2.05, 4.69) is 11.9 Å². The number of nitrogens with zero attached hydrogens (tertiary/aromatic N) is 2. The summed E-state index contributed by atoms with van der Waals surface area (Å²) in [5, 5.41) is 0. The molecule has 4 rings (SSSR count). The Bertz CT molecular complexity index is 707. The first-order chi connectivity index (χ1) is 10.6. The minimum absolute atomic E-state index is 0.202. The second-order valence-corrected chi connectivity index (χ2v) is 6.60. The first-order valence-corrected chi connectivity index (χ1v) is 8.05. The van der Waals surface area contributed by atoms with Gasteiger partial charge in [0.05, 0.1) is 5.69 Å². The number of nitrogen functional groups attached to an aromatic ring is 1. The minimum atomic E-state index is -0.202. The Morgan fingerprint density at radius 3 is 2.55 bits per heavy atom. The van der Waals surface area contributed by atoms with Crippen molar-refractivity contribution in [3.63, 3.8) is 0 Å². The van der Waals surface area contributed by atoms with Gasteiger partial charge in [-0.2, -0.15) is 0 Å². The Balaban J connectivity index is 1.74. The Morgan fingerprint density at radius 1 is 1.14 bits per heavy atom. The number of aromatic nitrogens is 2. The molecule has 2 N–H and O–H groups in total. The Morgan fingerprint density at radius 2 is 1.86 bits per heavy atom. The van der Waals surface area contributed by atoms with Crippen LogP contribution >= 0.6 is 0 Å². The fourth-order valence-electron chi connectivity index (χ4n) is 3.54. The highest BCUT2D eigenvalue weighted by Crippen LogP contribution is 2.44. The molecule has 0 saturated heterocycles. The van der Waals surface area contributed by atoms with Gasteiger partial charge in [-0.3, -0.25) is 0 Å². The van der Waals surface area contributed by atoms with Crippen molar-refractivity contribution < 1.29 is 4.39 Å². The SMILES string of the molecule is C[C@H](c1nc(N)c2c(n1)C(c1ccc(F)cc1)CC2)C1CC1. The summed E-state index contributed by atoms with van der Waals surface area (Å²) in [6.07, 6.45) is 4.41. The molecule has 4 heteroatoms. The van der Waals surface area contributed by atoms with Crippen molar-refractivity contribution in [3.8, 4) is 0 Å². The minimum Gasteiger partial charge on any atom is -0.383 e. The van der Waals surface area contributed by atoms with Crippen LogP contribution in [0.25, 0.3) is 0 Å². The predicted molar refractivity (Wildman–Crippen MR) is 84.1 cm³/mol. The molecule has 2 atom stereocenters. The van der Waals surface area contributed by atoms with Gasteiger partial charge in [0, 0.05) is 17.4 Å². The highest BCUT2D eigenvalue weighted by Gasteiger charge is 2.34. The van der Waals surface area contributed by atoms with Gasteiger partial charge in [0.15, 0.2) is 0 Å². The molecular formula is C18H20FN3. The molecule has 0 spiro atoms. The number of hydrogen-bond donors (Lipinski definition) is 1. The van der Waals surface area contributed by atoms with Crippen molar-refractivity contribution in [2.24, 2.45) is 5.92 Å². The summed E-state index contributed by atoms with van der Waals surface area (Å²) < 4.78 is 13.2. The van der Waals surface area contributed by atoms with Crippen molar-refractivity contribution in [3.05, 3.63) is 52.7 Å². The van der Waals surface area contributed by atoms with E-state index in [9.17, 15) is 4.39 Å². The maximum absolute atomic E-state index is 13.2. The van der Waals surface area contributed by atoms with Gasteiger partial charge in [-0.1, -0.05) is 19.1 Å². The third-order valence-electron chi connectivity index (χ3n) is 5.11. The summed E-state index contributed by atoms with van der Waals surface area (Å²) in [6, 6.07) is 6.76. The third-order valence-corrected chi connectivity index (χ3v) is 5.11. The number of fused-ring (bicyclic) bond motifs is 1. The molecule has 22 heavy (non-hydrogen) atoms. The zero-order valence-electron chi connectivity index (χ0n) is 12.7. The zero-order valence-corrected chi connectivity index (χ0v) is 12.7. The van der Waals surface area contributed by atoms with E-state index in [0.29, 0.717) is 17.7 Å². The Hall–Kier alpha value is -1.97. The van der Waals surface area contributed by atoms with Gasteiger partial charge in [0.2, 0.25) is 0 Å². The van der Waals surface area contributed by atoms with Crippen LogP contribution in [0.4, 0.5) is 10.2 Å². The van der Waals surface area contributed by atoms with Crippen molar-refractivity contribution >= 4 is 5.82 Å². The summed E-state index contributed by atoms with van der Waals surface area (Å²) in [5.41, 5.74) is 9.44. The van der Waals surface area contributed by atoms with Crippen LogP contribution in [-0.4, -0.2) is 9.97 Å². The fraction of sp³-hybridized carbons (Fsp3) is 0.444. The number of nitrogens with two attached hydrogens (primary N) is 1. The lowest BCUT2D eigenvalue weighted by Crippen LogP contribution is -2.11. The number of halogens is 1. The van der Waals surface area contributed by atoms with Crippen LogP contribution in [0.5, 0.6) is 0 Å². The molecule has 1 heterocycles. The molecule has 2 aliphatic carbocycles. The molecule has 3 nitrogen and oxygen atoms in total. The molecule has 1 unspecified atom stereocenters. The Kier molecular flexibility index (Phi) is 3.13. The molecule has 0 aliphatic heterocycles. The number of benzene rings is 1. The molecule has 0 radical (unpaired) electrons. The summed E-state index contributed by atoms with van der Waals surface area (Å²) in [5.74, 6) is 2.62. The van der Waals surface area contributed by atoms with Gasteiger partial charge in [-0.15, -0.1) is 0 Å². The summed E-state index contributed by atoms with van der Waals surface area (Å²) >= 11 is 0. The maximum atomic E-state index is 13.2. The van der Waals surface area contributed by atoms with Crippen molar-refractivity contribution in [1.82, 2.24) is 9.97 Å². The standard InChI is InChI=1S/C18H20FN3/c1-10(11-2-3-11)18-21-16-14(8-9-15(16)17(20)22-18)12-4-6-13(19)7-5-12/h4-7,10-11,14H,2-3,8-9H2,1H3,(H2,20,21,22)/t10-,14?/m0/s1.